The van der Waals surface area contributed by atoms with Crippen molar-refractivity contribution < 1.29 is 0 Å². The van der Waals surface area contributed by atoms with Gasteiger partial charge in [0.25, 0.3) is 6.71 Å². The lowest BCUT2D eigenvalue weighted by Gasteiger charge is -2.53. The second-order valence-corrected chi connectivity index (χ2v) is 27.5. The van der Waals surface area contributed by atoms with E-state index in [0.717, 1.165) is 0 Å². The summed E-state index contributed by atoms with van der Waals surface area (Å²) in [6.45, 7) is 25.5. The minimum absolute atomic E-state index is 0.0275. The standard InChI is InChI=1S/C53H60BN3Si/c1-49(2,3)33-28-39-48-41(29-33)54-40-20-17-19-37-36-18-11-12-21-42(36)55(47(37)40)44-30-34(31-45(46(44)54)57(48)53(7)27-16-14-25-51(39,53)5)56-43-23-22-35(58(8,9)10)32-38(43)50(4)24-13-15-26-52(50,56)6/h11-12,17-23,28-32H,13-16,24-27H2,1-10H3. The van der Waals surface area contributed by atoms with Crippen molar-refractivity contribution >= 4 is 80.9 Å². The summed E-state index contributed by atoms with van der Waals surface area (Å²) in [7, 11) is -1.52. The van der Waals surface area contributed by atoms with Crippen LogP contribution in [0.3, 0.4) is 0 Å². The zero-order chi connectivity index (χ0) is 40.1. The molecule has 0 N–H and O–H groups in total. The van der Waals surface area contributed by atoms with Crippen LogP contribution in [-0.4, -0.2) is 30.4 Å². The quantitative estimate of drug-likeness (QED) is 0.162. The van der Waals surface area contributed by atoms with E-state index in [1.807, 2.05) is 0 Å². The van der Waals surface area contributed by atoms with Gasteiger partial charge in [-0.05, 0) is 102 Å². The van der Waals surface area contributed by atoms with Crippen LogP contribution in [0.5, 0.6) is 0 Å². The fraction of sp³-hybridized carbons (Fsp3) is 0.434. The van der Waals surface area contributed by atoms with E-state index < -0.39 is 8.07 Å². The third kappa shape index (κ3) is 4.04. The van der Waals surface area contributed by atoms with E-state index in [9.17, 15) is 0 Å². The first-order valence-corrected chi connectivity index (χ1v) is 26.2. The summed E-state index contributed by atoms with van der Waals surface area (Å²) in [5, 5.41) is 4.32. The maximum absolute atomic E-state index is 2.95. The SMILES string of the molecule is CC(C)(C)c1cc2c3c(c1)C1(C)CCCCC1(C)N3c1cc(N3c4ccc([Si](C)(C)C)cc4C4(C)CCCCC34C)cc3c1B2c1cccc2c4ccccc4n-3c12. The van der Waals surface area contributed by atoms with E-state index in [4.69, 9.17) is 0 Å². The van der Waals surface area contributed by atoms with Crippen molar-refractivity contribution in [1.29, 1.82) is 0 Å². The molecule has 6 aromatic rings. The van der Waals surface area contributed by atoms with E-state index in [1.54, 1.807) is 16.3 Å². The van der Waals surface area contributed by atoms with E-state index in [1.165, 1.54) is 124 Å². The predicted octanol–water partition coefficient (Wildman–Crippen LogP) is 11.3. The van der Waals surface area contributed by atoms with Crippen molar-refractivity contribution in [3.63, 3.8) is 0 Å². The first-order chi connectivity index (χ1) is 27.5. The Labute approximate surface area is 347 Å². The molecule has 3 nitrogen and oxygen atoms in total. The highest BCUT2D eigenvalue weighted by Crippen LogP contribution is 2.64. The van der Waals surface area contributed by atoms with E-state index in [0.29, 0.717) is 0 Å². The van der Waals surface area contributed by atoms with Gasteiger partial charge in [0.2, 0.25) is 0 Å². The van der Waals surface area contributed by atoms with Crippen molar-refractivity contribution in [2.75, 3.05) is 9.80 Å². The van der Waals surface area contributed by atoms with Crippen molar-refractivity contribution in [3.8, 4) is 5.69 Å². The molecule has 0 bridgehead atoms. The normalized spacial score (nSPS) is 27.8. The molecular formula is C53H60BN3Si. The topological polar surface area (TPSA) is 11.4 Å². The highest BCUT2D eigenvalue weighted by Gasteiger charge is 2.62. The number of hydrogen-bond acceptors (Lipinski definition) is 2. The zero-order valence-corrected chi connectivity index (χ0v) is 37.7. The molecule has 12 rings (SSSR count). The number of anilines is 4. The molecule has 2 fully saturated rings. The minimum atomic E-state index is -1.52. The summed E-state index contributed by atoms with van der Waals surface area (Å²) in [6.07, 6.45) is 10.1. The van der Waals surface area contributed by atoms with Crippen LogP contribution < -0.4 is 31.4 Å². The summed E-state index contributed by atoms with van der Waals surface area (Å²) >= 11 is 0. The van der Waals surface area contributed by atoms with E-state index in [2.05, 4.69) is 167 Å². The molecule has 4 aliphatic heterocycles. The van der Waals surface area contributed by atoms with Gasteiger partial charge in [0.15, 0.2) is 0 Å². The Morgan fingerprint density at radius 3 is 1.98 bits per heavy atom. The Morgan fingerprint density at radius 2 is 1.26 bits per heavy atom. The Hall–Kier alpha value is -4.22. The van der Waals surface area contributed by atoms with Gasteiger partial charge in [-0.3, -0.25) is 0 Å². The van der Waals surface area contributed by atoms with Crippen LogP contribution in [0.15, 0.2) is 84.9 Å². The minimum Gasteiger partial charge on any atom is -0.335 e. The maximum atomic E-state index is 2.95. The summed E-state index contributed by atoms with van der Waals surface area (Å²) in [5.74, 6) is 0. The summed E-state index contributed by atoms with van der Waals surface area (Å²) < 4.78 is 2.70. The number of fused-ring (bicyclic) bond motifs is 13. The first kappa shape index (κ1) is 35.7. The van der Waals surface area contributed by atoms with Gasteiger partial charge in [-0.1, -0.05) is 146 Å². The highest BCUT2D eigenvalue weighted by atomic mass is 28.3. The van der Waals surface area contributed by atoms with Gasteiger partial charge in [0.1, 0.15) is 0 Å². The Bertz CT molecular complexity index is 2820. The van der Waals surface area contributed by atoms with Gasteiger partial charge < -0.3 is 14.4 Å². The maximum Gasteiger partial charge on any atom is 0.252 e. The van der Waals surface area contributed by atoms with E-state index >= 15 is 0 Å². The van der Waals surface area contributed by atoms with Crippen molar-refractivity contribution in [2.45, 2.75) is 147 Å². The van der Waals surface area contributed by atoms with Crippen molar-refractivity contribution in [1.82, 2.24) is 4.57 Å². The van der Waals surface area contributed by atoms with Gasteiger partial charge in [-0.2, -0.15) is 0 Å². The molecule has 5 heteroatoms. The van der Waals surface area contributed by atoms with Crippen molar-refractivity contribution in [2.24, 2.45) is 0 Å². The second-order valence-electron chi connectivity index (χ2n) is 22.4. The Balaban J connectivity index is 1.23. The smallest absolute Gasteiger partial charge is 0.252 e. The lowest BCUT2D eigenvalue weighted by atomic mass is 9.33. The number of hydrogen-bond donors (Lipinski definition) is 0. The van der Waals surface area contributed by atoms with Crippen LogP contribution in [0, 0.1) is 0 Å². The van der Waals surface area contributed by atoms with Gasteiger partial charge >= 0.3 is 0 Å². The van der Waals surface area contributed by atoms with Gasteiger partial charge in [0.05, 0.1) is 24.7 Å². The Kier molecular flexibility index (Phi) is 6.73. The molecule has 0 spiro atoms. The molecule has 0 amide bonds. The first-order valence-electron chi connectivity index (χ1n) is 22.7. The second kappa shape index (κ2) is 10.9. The molecule has 294 valence electrons. The van der Waals surface area contributed by atoms with Crippen LogP contribution in [0.25, 0.3) is 27.5 Å². The number of para-hydroxylation sites is 2. The molecule has 0 radical (unpaired) electrons. The molecule has 6 aliphatic rings. The molecular weight excluding hydrogens is 718 g/mol. The summed E-state index contributed by atoms with van der Waals surface area (Å²) in [5.41, 5.74) is 19.2. The van der Waals surface area contributed by atoms with Crippen molar-refractivity contribution in [3.05, 3.63) is 102 Å². The number of rotatable bonds is 2. The third-order valence-corrected chi connectivity index (χ3v) is 19.6. The zero-order valence-electron chi connectivity index (χ0n) is 36.7. The predicted molar refractivity (Wildman–Crippen MR) is 253 cm³/mol. The number of benzene rings is 5. The van der Waals surface area contributed by atoms with E-state index in [-0.39, 0.29) is 34.0 Å². The van der Waals surface area contributed by atoms with Gasteiger partial charge in [0, 0.05) is 55.6 Å². The molecule has 4 unspecified atom stereocenters. The molecule has 2 saturated carbocycles. The Morgan fingerprint density at radius 1 is 0.603 bits per heavy atom. The lowest BCUT2D eigenvalue weighted by Crippen LogP contribution is -2.64. The summed E-state index contributed by atoms with van der Waals surface area (Å²) in [4.78, 5) is 5.83. The van der Waals surface area contributed by atoms with Crippen LogP contribution in [0.2, 0.25) is 19.6 Å². The lowest BCUT2D eigenvalue weighted by molar-refractivity contribution is 0.194. The number of nitrogens with zero attached hydrogens (tertiary/aromatic N) is 3. The fourth-order valence-corrected chi connectivity index (χ4v) is 15.1. The molecule has 1 aromatic heterocycles. The van der Waals surface area contributed by atoms with Crippen LogP contribution >= 0.6 is 0 Å². The monoisotopic (exact) mass is 777 g/mol. The fourth-order valence-electron chi connectivity index (χ4n) is 13.9. The van der Waals surface area contributed by atoms with Crippen LogP contribution in [-0.2, 0) is 16.2 Å². The molecule has 5 aromatic carbocycles. The molecule has 2 aliphatic carbocycles. The molecule has 58 heavy (non-hydrogen) atoms. The highest BCUT2D eigenvalue weighted by molar-refractivity contribution is 7.00. The molecule has 5 heterocycles. The average Bonchev–Trinajstić information content (AvgIpc) is 3.71. The average molecular weight is 778 g/mol. The van der Waals surface area contributed by atoms with Gasteiger partial charge in [-0.25, -0.2) is 0 Å². The third-order valence-electron chi connectivity index (χ3n) is 17.6. The van der Waals surface area contributed by atoms with Gasteiger partial charge in [-0.15, -0.1) is 0 Å². The number of aromatic nitrogens is 1. The van der Waals surface area contributed by atoms with Crippen LogP contribution in [0.1, 0.15) is 117 Å². The summed E-state index contributed by atoms with van der Waals surface area (Å²) in [6, 6.07) is 34.8. The largest absolute Gasteiger partial charge is 0.335 e. The van der Waals surface area contributed by atoms with Crippen LogP contribution in [0.4, 0.5) is 22.7 Å². The molecule has 0 saturated heterocycles. The molecule has 4 atom stereocenters.